The predicted octanol–water partition coefficient (Wildman–Crippen LogP) is 2.07. The Kier molecular flexibility index (Phi) is 8.13. The molecule has 1 saturated carbocycles. The number of hydrogen-bond donors (Lipinski definition) is 1. The van der Waals surface area contributed by atoms with E-state index in [1.54, 1.807) is 11.8 Å². The highest BCUT2D eigenvalue weighted by atomic mass is 32.2. The molecule has 0 spiro atoms. The van der Waals surface area contributed by atoms with Crippen molar-refractivity contribution in [2.45, 2.75) is 58.4 Å². The Morgan fingerprint density at radius 1 is 1.26 bits per heavy atom. The van der Waals surface area contributed by atoms with E-state index >= 15 is 0 Å². The smallest absolute Gasteiger partial charge is 0.312 e. The average Bonchev–Trinajstić information content (AvgIpc) is 3.04. The minimum absolute atomic E-state index is 0.0437. The summed E-state index contributed by atoms with van der Waals surface area (Å²) in [5, 5.41) is 8.95. The number of nitrogens with one attached hydrogen (secondary N) is 1. The number of carbonyl (C=O) groups excluding carboxylic acids is 3. The lowest BCUT2D eigenvalue weighted by Crippen LogP contribution is -2.49. The Morgan fingerprint density at radius 3 is 2.48 bits per heavy atom. The second-order valence-corrected chi connectivity index (χ2v) is 8.93. The maximum atomic E-state index is 12.8. The van der Waals surface area contributed by atoms with Crippen LogP contribution in [0.5, 0.6) is 0 Å². The van der Waals surface area contributed by atoms with Crippen LogP contribution in [0.25, 0.3) is 0 Å². The van der Waals surface area contributed by atoms with Crippen molar-refractivity contribution in [3.8, 4) is 0 Å². The third kappa shape index (κ3) is 6.23. The summed E-state index contributed by atoms with van der Waals surface area (Å²) in [6, 6.07) is -0.788. The minimum Gasteiger partial charge on any atom is -0.352 e. The van der Waals surface area contributed by atoms with E-state index < -0.39 is 17.7 Å². The number of Topliss-reactive ketones (excluding diaryl/α,β-unsaturated/α-hetero) is 1. The van der Waals surface area contributed by atoms with E-state index in [9.17, 15) is 14.4 Å². The molecule has 0 aromatic heterocycles. The summed E-state index contributed by atoms with van der Waals surface area (Å²) in [5.41, 5.74) is 0. The largest absolute Gasteiger partial charge is 0.352 e. The molecule has 1 N–H and O–H groups in total. The molecule has 2 rings (SSSR count). The normalized spacial score (nSPS) is 20.8. The summed E-state index contributed by atoms with van der Waals surface area (Å²) < 4.78 is 0. The number of hydrogen-bond acceptors (Lipinski definition) is 5. The van der Waals surface area contributed by atoms with Gasteiger partial charge in [-0.1, -0.05) is 44.9 Å². The highest BCUT2D eigenvalue weighted by molar-refractivity contribution is 8.14. The number of thioether (sulfide) groups is 1. The summed E-state index contributed by atoms with van der Waals surface area (Å²) in [4.78, 5) is 39.9. The van der Waals surface area contributed by atoms with Gasteiger partial charge in [-0.15, -0.1) is 5.10 Å². The lowest BCUT2D eigenvalue weighted by molar-refractivity contribution is -0.146. The van der Waals surface area contributed by atoms with Crippen molar-refractivity contribution in [3.63, 3.8) is 0 Å². The maximum absolute atomic E-state index is 12.8. The van der Waals surface area contributed by atoms with Gasteiger partial charge in [0.15, 0.2) is 5.17 Å². The van der Waals surface area contributed by atoms with Gasteiger partial charge >= 0.3 is 5.91 Å². The van der Waals surface area contributed by atoms with Gasteiger partial charge in [-0.05, 0) is 25.2 Å². The standard InChI is InChI=1S/C19H32N4O3S/c1-13(2)12-15(20-17(25)14-8-6-5-7-9-14)16(24)18(26)23(4)21-19-22(3)10-11-27-19/h13-15H,5-12H2,1-4H3,(H,20,25)/b21-19-. The predicted molar refractivity (Wildman–Crippen MR) is 108 cm³/mol. The Balaban J connectivity index is 2.03. The molecule has 8 heteroatoms. The molecule has 7 nitrogen and oxygen atoms in total. The van der Waals surface area contributed by atoms with Gasteiger partial charge in [0, 0.05) is 32.3 Å². The van der Waals surface area contributed by atoms with Gasteiger partial charge < -0.3 is 10.2 Å². The zero-order valence-corrected chi connectivity index (χ0v) is 17.7. The first-order valence-electron chi connectivity index (χ1n) is 9.84. The van der Waals surface area contributed by atoms with Gasteiger partial charge in [0.05, 0.1) is 6.04 Å². The molecule has 0 aromatic carbocycles. The quantitative estimate of drug-likeness (QED) is 0.526. The first kappa shape index (κ1) is 21.7. The SMILES string of the molecule is CC(C)CC(NC(=O)C1CCCCC1)C(=O)C(=O)N(C)/N=C1\SCCN1C. The van der Waals surface area contributed by atoms with Crippen molar-refractivity contribution in [1.29, 1.82) is 0 Å². The van der Waals surface area contributed by atoms with Crippen molar-refractivity contribution in [3.05, 3.63) is 0 Å². The van der Waals surface area contributed by atoms with Crippen molar-refractivity contribution in [2.24, 2.45) is 16.9 Å². The van der Waals surface area contributed by atoms with E-state index in [2.05, 4.69) is 10.4 Å². The third-order valence-electron chi connectivity index (χ3n) is 5.04. The molecule has 0 bridgehead atoms. The van der Waals surface area contributed by atoms with Gasteiger partial charge in [0.1, 0.15) is 0 Å². The molecule has 1 atom stereocenters. The van der Waals surface area contributed by atoms with Crippen molar-refractivity contribution in [2.75, 3.05) is 26.4 Å². The van der Waals surface area contributed by atoms with Gasteiger partial charge in [-0.2, -0.15) is 0 Å². The zero-order valence-electron chi connectivity index (χ0n) is 16.9. The van der Waals surface area contributed by atoms with E-state index in [1.807, 2.05) is 25.8 Å². The Labute approximate surface area is 166 Å². The summed E-state index contributed by atoms with van der Waals surface area (Å²) in [5.74, 6) is -0.312. The molecule has 1 heterocycles. The number of amidine groups is 1. The van der Waals surface area contributed by atoms with Gasteiger partial charge in [-0.25, -0.2) is 5.01 Å². The van der Waals surface area contributed by atoms with Crippen LogP contribution in [0.3, 0.4) is 0 Å². The summed E-state index contributed by atoms with van der Waals surface area (Å²) in [7, 11) is 3.40. The van der Waals surface area contributed by atoms with Gasteiger partial charge in [0.25, 0.3) is 0 Å². The van der Waals surface area contributed by atoms with E-state index in [0.717, 1.165) is 54.6 Å². The number of carbonyl (C=O) groups is 3. The Hall–Kier alpha value is -1.57. The lowest BCUT2D eigenvalue weighted by atomic mass is 9.88. The number of amides is 2. The molecule has 1 aliphatic carbocycles. The van der Waals surface area contributed by atoms with Crippen LogP contribution >= 0.6 is 11.8 Å². The fourth-order valence-electron chi connectivity index (χ4n) is 3.42. The highest BCUT2D eigenvalue weighted by Gasteiger charge is 2.32. The molecule has 0 aromatic rings. The molecule has 27 heavy (non-hydrogen) atoms. The van der Waals surface area contributed by atoms with Crippen LogP contribution < -0.4 is 5.32 Å². The molecular weight excluding hydrogens is 364 g/mol. The van der Waals surface area contributed by atoms with Crippen molar-refractivity contribution in [1.82, 2.24) is 15.2 Å². The summed E-state index contributed by atoms with van der Waals surface area (Å²) in [6.45, 7) is 4.82. The molecule has 1 saturated heterocycles. The van der Waals surface area contributed by atoms with Gasteiger partial charge in [-0.3, -0.25) is 14.4 Å². The topological polar surface area (TPSA) is 82.1 Å². The van der Waals surface area contributed by atoms with Crippen LogP contribution in [0, 0.1) is 11.8 Å². The summed E-state index contributed by atoms with van der Waals surface area (Å²) in [6.07, 6.45) is 5.42. The maximum Gasteiger partial charge on any atom is 0.312 e. The van der Waals surface area contributed by atoms with Crippen LogP contribution in [0.4, 0.5) is 0 Å². The second kappa shape index (κ2) is 10.1. The first-order valence-corrected chi connectivity index (χ1v) is 10.8. The fourth-order valence-corrected chi connectivity index (χ4v) is 4.46. The van der Waals surface area contributed by atoms with Crippen LogP contribution in [0.15, 0.2) is 5.10 Å². The monoisotopic (exact) mass is 396 g/mol. The molecule has 2 aliphatic rings. The van der Waals surface area contributed by atoms with E-state index in [0.29, 0.717) is 6.42 Å². The average molecular weight is 397 g/mol. The first-order chi connectivity index (χ1) is 12.8. The second-order valence-electron chi connectivity index (χ2n) is 7.87. The molecule has 1 aliphatic heterocycles. The van der Waals surface area contributed by atoms with Crippen LogP contribution in [0.1, 0.15) is 52.4 Å². The molecule has 2 amide bonds. The molecular formula is C19H32N4O3S. The summed E-state index contributed by atoms with van der Waals surface area (Å²) >= 11 is 1.56. The van der Waals surface area contributed by atoms with Gasteiger partial charge in [0.2, 0.25) is 11.7 Å². The highest BCUT2D eigenvalue weighted by Crippen LogP contribution is 2.24. The van der Waals surface area contributed by atoms with Crippen LogP contribution in [-0.2, 0) is 14.4 Å². The van der Waals surface area contributed by atoms with Crippen molar-refractivity contribution >= 4 is 34.5 Å². The molecule has 1 unspecified atom stereocenters. The van der Waals surface area contributed by atoms with Crippen molar-refractivity contribution < 1.29 is 14.4 Å². The lowest BCUT2D eigenvalue weighted by Gasteiger charge is -2.25. The molecule has 152 valence electrons. The van der Waals surface area contributed by atoms with E-state index in [1.165, 1.54) is 7.05 Å². The van der Waals surface area contributed by atoms with E-state index in [-0.39, 0.29) is 17.7 Å². The van der Waals surface area contributed by atoms with Crippen LogP contribution in [-0.4, -0.2) is 65.1 Å². The Bertz CT molecular complexity index is 588. The third-order valence-corrected chi connectivity index (χ3v) is 6.08. The van der Waals surface area contributed by atoms with E-state index in [4.69, 9.17) is 0 Å². The fraction of sp³-hybridized carbons (Fsp3) is 0.789. The zero-order chi connectivity index (χ0) is 20.0. The number of hydrazone groups is 1. The molecule has 0 radical (unpaired) electrons. The minimum atomic E-state index is -0.788. The molecule has 2 fully saturated rings. The number of likely N-dealkylation sites (N-methyl/N-ethyl adjacent to an activating group) is 1. The number of ketones is 1. The Morgan fingerprint density at radius 2 is 1.93 bits per heavy atom. The number of nitrogens with zero attached hydrogens (tertiary/aromatic N) is 3. The van der Waals surface area contributed by atoms with Crippen LogP contribution in [0.2, 0.25) is 0 Å². The number of rotatable bonds is 7.